The highest BCUT2D eigenvalue weighted by Gasteiger charge is 2.09. The first-order valence-corrected chi connectivity index (χ1v) is 4.37. The number of halogens is 3. The number of hydrogen-bond donors (Lipinski definition) is 1. The molecule has 0 saturated carbocycles. The molecule has 4 heteroatoms. The maximum absolute atomic E-state index is 13.2. The van der Waals surface area contributed by atoms with Crippen LogP contribution in [0.25, 0.3) is 0 Å². The van der Waals surface area contributed by atoms with Crippen LogP contribution in [-0.2, 0) is 0 Å². The molecule has 0 unspecified atom stereocenters. The lowest BCUT2D eigenvalue weighted by atomic mass is 10.2. The Morgan fingerprint density at radius 1 is 1.36 bits per heavy atom. The molecule has 0 aliphatic rings. The molecule has 0 saturated heterocycles. The standard InChI is InChI=1S/C10H8ClF2N/c11-9-8(12)5-4-7(10(9)13)3-1-2-6-14/h4-5H,2,6,14H2. The smallest absolute Gasteiger partial charge is 0.160 e. The van der Waals surface area contributed by atoms with Gasteiger partial charge in [-0.1, -0.05) is 23.4 Å². The monoisotopic (exact) mass is 215 g/mol. The maximum atomic E-state index is 13.2. The van der Waals surface area contributed by atoms with Crippen molar-refractivity contribution in [2.24, 2.45) is 5.73 Å². The maximum Gasteiger partial charge on any atom is 0.160 e. The fourth-order valence-corrected chi connectivity index (χ4v) is 1.02. The minimum absolute atomic E-state index is 0.0878. The van der Waals surface area contributed by atoms with Crippen molar-refractivity contribution in [1.82, 2.24) is 0 Å². The van der Waals surface area contributed by atoms with Crippen LogP contribution in [0.2, 0.25) is 5.02 Å². The Hall–Kier alpha value is -1.11. The zero-order valence-electron chi connectivity index (χ0n) is 7.28. The van der Waals surface area contributed by atoms with Crippen molar-refractivity contribution in [2.45, 2.75) is 6.42 Å². The van der Waals surface area contributed by atoms with Gasteiger partial charge in [0, 0.05) is 13.0 Å². The molecule has 0 heterocycles. The van der Waals surface area contributed by atoms with E-state index in [0.29, 0.717) is 13.0 Å². The Balaban J connectivity index is 3.02. The second-order valence-corrected chi connectivity index (χ2v) is 2.94. The van der Waals surface area contributed by atoms with Crippen LogP contribution >= 0.6 is 11.6 Å². The first kappa shape index (κ1) is 11.0. The molecule has 0 spiro atoms. The van der Waals surface area contributed by atoms with Crippen LogP contribution in [0.1, 0.15) is 12.0 Å². The summed E-state index contributed by atoms with van der Waals surface area (Å²) in [6.07, 6.45) is 0.467. The summed E-state index contributed by atoms with van der Waals surface area (Å²) >= 11 is 5.35. The van der Waals surface area contributed by atoms with Gasteiger partial charge >= 0.3 is 0 Å². The van der Waals surface area contributed by atoms with Gasteiger partial charge in [0.25, 0.3) is 0 Å². The topological polar surface area (TPSA) is 26.0 Å². The highest BCUT2D eigenvalue weighted by molar-refractivity contribution is 6.31. The first-order chi connectivity index (χ1) is 6.66. The Morgan fingerprint density at radius 2 is 2.07 bits per heavy atom. The summed E-state index contributed by atoms with van der Waals surface area (Å²) in [7, 11) is 0. The quantitative estimate of drug-likeness (QED) is 0.565. The zero-order chi connectivity index (χ0) is 10.6. The van der Waals surface area contributed by atoms with Gasteiger partial charge in [-0.25, -0.2) is 8.78 Å². The summed E-state index contributed by atoms with van der Waals surface area (Å²) < 4.78 is 25.9. The van der Waals surface area contributed by atoms with Crippen LogP contribution < -0.4 is 5.73 Å². The minimum Gasteiger partial charge on any atom is -0.330 e. The Bertz CT molecular complexity index is 393. The Kier molecular flexibility index (Phi) is 3.87. The van der Waals surface area contributed by atoms with Crippen molar-refractivity contribution in [1.29, 1.82) is 0 Å². The highest BCUT2D eigenvalue weighted by Crippen LogP contribution is 2.21. The lowest BCUT2D eigenvalue weighted by molar-refractivity contribution is 0.582. The van der Waals surface area contributed by atoms with Crippen LogP contribution in [0, 0.1) is 23.5 Å². The van der Waals surface area contributed by atoms with Gasteiger partial charge < -0.3 is 5.73 Å². The van der Waals surface area contributed by atoms with Gasteiger partial charge in [0.1, 0.15) is 10.8 Å². The van der Waals surface area contributed by atoms with Gasteiger partial charge in [0.05, 0.1) is 5.56 Å². The molecule has 1 aromatic carbocycles. The third kappa shape index (κ3) is 2.44. The molecule has 0 aromatic heterocycles. The predicted octanol–water partition coefficient (Wildman–Crippen LogP) is 2.32. The second-order valence-electron chi connectivity index (χ2n) is 2.56. The van der Waals surface area contributed by atoms with Crippen LogP contribution in [0.15, 0.2) is 12.1 Å². The van der Waals surface area contributed by atoms with Crippen molar-refractivity contribution >= 4 is 11.6 Å². The van der Waals surface area contributed by atoms with E-state index in [1.165, 1.54) is 6.07 Å². The van der Waals surface area contributed by atoms with Crippen LogP contribution in [0.4, 0.5) is 8.78 Å². The number of rotatable bonds is 1. The Labute approximate surface area is 85.9 Å². The molecule has 1 aromatic rings. The van der Waals surface area contributed by atoms with Crippen molar-refractivity contribution < 1.29 is 8.78 Å². The van der Waals surface area contributed by atoms with E-state index in [2.05, 4.69) is 11.8 Å². The van der Waals surface area contributed by atoms with E-state index in [9.17, 15) is 8.78 Å². The van der Waals surface area contributed by atoms with Gasteiger partial charge in [-0.3, -0.25) is 0 Å². The molecule has 0 aliphatic carbocycles. The fraction of sp³-hybridized carbons (Fsp3) is 0.200. The second kappa shape index (κ2) is 4.94. The largest absolute Gasteiger partial charge is 0.330 e. The molecule has 0 amide bonds. The van der Waals surface area contributed by atoms with Crippen molar-refractivity contribution in [3.8, 4) is 11.8 Å². The molecule has 74 valence electrons. The molecular weight excluding hydrogens is 208 g/mol. The van der Waals surface area contributed by atoms with Crippen molar-refractivity contribution in [3.63, 3.8) is 0 Å². The number of nitrogens with two attached hydrogens (primary N) is 1. The zero-order valence-corrected chi connectivity index (χ0v) is 8.04. The normalized spacial score (nSPS) is 9.43. The van der Waals surface area contributed by atoms with E-state index in [1.54, 1.807) is 0 Å². The van der Waals surface area contributed by atoms with E-state index in [0.717, 1.165) is 6.07 Å². The lowest BCUT2D eigenvalue weighted by Crippen LogP contribution is -1.95. The van der Waals surface area contributed by atoms with E-state index >= 15 is 0 Å². The van der Waals surface area contributed by atoms with Crippen LogP contribution in [-0.4, -0.2) is 6.54 Å². The van der Waals surface area contributed by atoms with Crippen LogP contribution in [0.3, 0.4) is 0 Å². The average Bonchev–Trinajstić information content (AvgIpc) is 2.18. The summed E-state index contributed by atoms with van der Waals surface area (Å²) in [5.41, 5.74) is 5.29. The van der Waals surface area contributed by atoms with Gasteiger partial charge in [-0.2, -0.15) is 0 Å². The van der Waals surface area contributed by atoms with Crippen LogP contribution in [0.5, 0.6) is 0 Å². The van der Waals surface area contributed by atoms with Gasteiger partial charge in [-0.15, -0.1) is 0 Å². The molecule has 0 atom stereocenters. The van der Waals surface area contributed by atoms with Gasteiger partial charge in [0.15, 0.2) is 5.82 Å². The molecule has 2 N–H and O–H groups in total. The van der Waals surface area contributed by atoms with E-state index in [4.69, 9.17) is 17.3 Å². The number of hydrogen-bond acceptors (Lipinski definition) is 1. The summed E-state index contributed by atoms with van der Waals surface area (Å²) in [6, 6.07) is 2.33. The molecule has 0 aliphatic heterocycles. The predicted molar refractivity (Wildman–Crippen MR) is 51.9 cm³/mol. The molecule has 0 bridgehead atoms. The summed E-state index contributed by atoms with van der Waals surface area (Å²) in [4.78, 5) is 0. The van der Waals surface area contributed by atoms with Crippen molar-refractivity contribution in [3.05, 3.63) is 34.4 Å². The number of benzene rings is 1. The SMILES string of the molecule is NCCC#Cc1ccc(F)c(Cl)c1F. The molecular formula is C10H8ClF2N. The minimum atomic E-state index is -0.823. The molecule has 0 radical (unpaired) electrons. The fourth-order valence-electron chi connectivity index (χ4n) is 0.852. The highest BCUT2D eigenvalue weighted by atomic mass is 35.5. The van der Waals surface area contributed by atoms with Gasteiger partial charge in [-0.05, 0) is 12.1 Å². The van der Waals surface area contributed by atoms with Crippen molar-refractivity contribution in [2.75, 3.05) is 6.54 Å². The lowest BCUT2D eigenvalue weighted by Gasteiger charge is -1.97. The van der Waals surface area contributed by atoms with E-state index < -0.39 is 16.7 Å². The Morgan fingerprint density at radius 3 is 2.71 bits per heavy atom. The van der Waals surface area contributed by atoms with E-state index in [1.807, 2.05) is 0 Å². The summed E-state index contributed by atoms with van der Waals surface area (Å²) in [5, 5.41) is -0.524. The summed E-state index contributed by atoms with van der Waals surface area (Å²) in [6.45, 7) is 0.406. The third-order valence-corrected chi connectivity index (χ3v) is 1.87. The van der Waals surface area contributed by atoms with E-state index in [-0.39, 0.29) is 5.56 Å². The summed E-state index contributed by atoms with van der Waals surface area (Å²) in [5.74, 6) is 3.56. The molecule has 0 fully saturated rings. The molecule has 1 nitrogen and oxygen atoms in total. The average molecular weight is 216 g/mol. The third-order valence-electron chi connectivity index (χ3n) is 1.53. The molecule has 14 heavy (non-hydrogen) atoms. The molecule has 1 rings (SSSR count). The first-order valence-electron chi connectivity index (χ1n) is 3.99. The van der Waals surface area contributed by atoms with Gasteiger partial charge in [0.2, 0.25) is 0 Å².